The van der Waals surface area contributed by atoms with Crippen LogP contribution in [0, 0.1) is 0 Å². The Hall–Kier alpha value is -2.66. The van der Waals surface area contributed by atoms with Gasteiger partial charge in [-0.25, -0.2) is 9.97 Å². The molecule has 0 bridgehead atoms. The Balaban J connectivity index is 1.95. The first-order valence-corrected chi connectivity index (χ1v) is 9.20. The van der Waals surface area contributed by atoms with Gasteiger partial charge in [0.05, 0.1) is 23.7 Å². The Morgan fingerprint density at radius 3 is 2.42 bits per heavy atom. The van der Waals surface area contributed by atoms with E-state index in [0.29, 0.717) is 0 Å². The van der Waals surface area contributed by atoms with Crippen LogP contribution >= 0.6 is 0 Å². The van der Waals surface area contributed by atoms with Gasteiger partial charge in [-0.2, -0.15) is 0 Å². The lowest BCUT2D eigenvalue weighted by molar-refractivity contribution is 0.293. The van der Waals surface area contributed by atoms with Crippen LogP contribution < -0.4 is 4.74 Å². The predicted octanol–water partition coefficient (Wildman–Crippen LogP) is 4.09. The second-order valence-electron chi connectivity index (χ2n) is 6.45. The third-order valence-electron chi connectivity index (χ3n) is 5.09. The van der Waals surface area contributed by atoms with Gasteiger partial charge in [0.15, 0.2) is 5.65 Å². The number of benzene rings is 2. The number of fused-ring (bicyclic) bond motifs is 4. The number of nitrogens with zero attached hydrogens (tertiary/aromatic N) is 4. The molecule has 2 aromatic heterocycles. The fraction of sp³-hybridized carbons (Fsp3) is 0.333. The standard InChI is InChI=1S/C21H24N4O/c1-4-24(5-2)12-13-25-19-11-10-15(26-3)14-16(19)20-21(25)23-18-9-7-6-8-17(18)22-20/h6-11,14H,4-5,12-13H2,1-3H3. The van der Waals surface area contributed by atoms with Crippen LogP contribution in [-0.4, -0.2) is 46.2 Å². The zero-order chi connectivity index (χ0) is 18.1. The molecule has 0 radical (unpaired) electrons. The average molecular weight is 348 g/mol. The zero-order valence-corrected chi connectivity index (χ0v) is 15.6. The molecule has 26 heavy (non-hydrogen) atoms. The number of likely N-dealkylation sites (N-methyl/N-ethyl adjacent to an activating group) is 1. The normalized spacial score (nSPS) is 11.8. The minimum absolute atomic E-state index is 0.843. The van der Waals surface area contributed by atoms with Crippen LogP contribution in [-0.2, 0) is 6.54 Å². The molecule has 0 aliphatic rings. The number of hydrogen-bond acceptors (Lipinski definition) is 4. The van der Waals surface area contributed by atoms with E-state index >= 15 is 0 Å². The molecule has 0 unspecified atom stereocenters. The molecule has 0 atom stereocenters. The first-order chi connectivity index (χ1) is 12.7. The molecule has 0 N–H and O–H groups in total. The Bertz CT molecular complexity index is 1070. The summed E-state index contributed by atoms with van der Waals surface area (Å²) in [7, 11) is 1.70. The van der Waals surface area contributed by atoms with E-state index < -0.39 is 0 Å². The maximum Gasteiger partial charge on any atom is 0.160 e. The molecule has 0 spiro atoms. The number of methoxy groups -OCH3 is 1. The fourth-order valence-corrected chi connectivity index (χ4v) is 3.55. The molecule has 2 heterocycles. The van der Waals surface area contributed by atoms with E-state index in [-0.39, 0.29) is 0 Å². The lowest BCUT2D eigenvalue weighted by Crippen LogP contribution is -2.27. The van der Waals surface area contributed by atoms with E-state index in [4.69, 9.17) is 14.7 Å². The van der Waals surface area contributed by atoms with E-state index in [0.717, 1.165) is 65.0 Å². The highest BCUT2D eigenvalue weighted by Gasteiger charge is 2.15. The van der Waals surface area contributed by atoms with Gasteiger partial charge in [-0.05, 0) is 43.4 Å². The molecule has 4 rings (SSSR count). The molecule has 134 valence electrons. The van der Waals surface area contributed by atoms with Gasteiger partial charge in [0, 0.05) is 18.5 Å². The summed E-state index contributed by atoms with van der Waals surface area (Å²) in [6.07, 6.45) is 0. The molecule has 0 saturated heterocycles. The summed E-state index contributed by atoms with van der Waals surface area (Å²) in [5.74, 6) is 0.843. The van der Waals surface area contributed by atoms with E-state index in [2.05, 4.69) is 35.4 Å². The molecule has 4 aromatic rings. The van der Waals surface area contributed by atoms with Crippen LogP contribution in [0.5, 0.6) is 5.75 Å². The highest BCUT2D eigenvalue weighted by molar-refractivity contribution is 6.06. The van der Waals surface area contributed by atoms with Crippen molar-refractivity contribution < 1.29 is 4.74 Å². The summed E-state index contributed by atoms with van der Waals surface area (Å²) >= 11 is 0. The summed E-state index contributed by atoms with van der Waals surface area (Å²) in [6, 6.07) is 14.2. The van der Waals surface area contributed by atoms with Crippen LogP contribution in [0.1, 0.15) is 13.8 Å². The van der Waals surface area contributed by atoms with Crippen molar-refractivity contribution in [2.45, 2.75) is 20.4 Å². The molecule has 0 fully saturated rings. The average Bonchev–Trinajstić information content (AvgIpc) is 2.99. The van der Waals surface area contributed by atoms with Gasteiger partial charge in [-0.3, -0.25) is 0 Å². The number of aromatic nitrogens is 3. The number of rotatable bonds is 6. The van der Waals surface area contributed by atoms with Crippen molar-refractivity contribution >= 4 is 33.1 Å². The van der Waals surface area contributed by atoms with E-state index in [1.54, 1.807) is 7.11 Å². The minimum atomic E-state index is 0.843. The summed E-state index contributed by atoms with van der Waals surface area (Å²) in [4.78, 5) is 12.3. The fourth-order valence-electron chi connectivity index (χ4n) is 3.55. The quantitative estimate of drug-likeness (QED) is 0.526. The SMILES string of the molecule is CCN(CC)CCn1c2ccc(OC)cc2c2nc3ccccc3nc21. The summed E-state index contributed by atoms with van der Waals surface area (Å²) in [6.45, 7) is 8.39. The van der Waals surface area contributed by atoms with Crippen LogP contribution in [0.15, 0.2) is 42.5 Å². The minimum Gasteiger partial charge on any atom is -0.497 e. The molecule has 5 nitrogen and oxygen atoms in total. The summed E-state index contributed by atoms with van der Waals surface area (Å²) in [5.41, 5.74) is 4.89. The van der Waals surface area contributed by atoms with E-state index in [9.17, 15) is 0 Å². The Morgan fingerprint density at radius 2 is 1.73 bits per heavy atom. The molecule has 0 aliphatic heterocycles. The second kappa shape index (κ2) is 6.92. The van der Waals surface area contributed by atoms with Crippen molar-refractivity contribution in [3.05, 3.63) is 42.5 Å². The van der Waals surface area contributed by atoms with Crippen molar-refractivity contribution in [2.75, 3.05) is 26.7 Å². The monoisotopic (exact) mass is 348 g/mol. The molecule has 0 amide bonds. The Kier molecular flexibility index (Phi) is 4.47. The first kappa shape index (κ1) is 16.8. The topological polar surface area (TPSA) is 43.2 Å². The van der Waals surface area contributed by atoms with Gasteiger partial charge in [-0.1, -0.05) is 26.0 Å². The van der Waals surface area contributed by atoms with Crippen molar-refractivity contribution in [3.8, 4) is 5.75 Å². The third-order valence-corrected chi connectivity index (χ3v) is 5.09. The maximum atomic E-state index is 5.44. The van der Waals surface area contributed by atoms with E-state index in [1.807, 2.05) is 30.3 Å². The van der Waals surface area contributed by atoms with Crippen LogP contribution in [0.3, 0.4) is 0 Å². The number of hydrogen-bond donors (Lipinski definition) is 0. The summed E-state index contributed by atoms with van der Waals surface area (Å²) < 4.78 is 7.73. The Labute approximate surface area is 153 Å². The predicted molar refractivity (Wildman–Crippen MR) is 107 cm³/mol. The number of para-hydroxylation sites is 2. The van der Waals surface area contributed by atoms with Crippen LogP contribution in [0.4, 0.5) is 0 Å². The van der Waals surface area contributed by atoms with Crippen molar-refractivity contribution in [2.24, 2.45) is 0 Å². The van der Waals surface area contributed by atoms with Crippen LogP contribution in [0.25, 0.3) is 33.1 Å². The molecular weight excluding hydrogens is 324 g/mol. The molecular formula is C21H24N4O. The van der Waals surface area contributed by atoms with Gasteiger partial charge in [0.1, 0.15) is 11.3 Å². The maximum absolute atomic E-state index is 5.44. The van der Waals surface area contributed by atoms with Crippen molar-refractivity contribution in [3.63, 3.8) is 0 Å². The van der Waals surface area contributed by atoms with Crippen LogP contribution in [0.2, 0.25) is 0 Å². The van der Waals surface area contributed by atoms with Gasteiger partial charge in [0.2, 0.25) is 0 Å². The van der Waals surface area contributed by atoms with Crippen molar-refractivity contribution in [1.29, 1.82) is 0 Å². The summed E-state index contributed by atoms with van der Waals surface area (Å²) in [5, 5.41) is 1.09. The van der Waals surface area contributed by atoms with Gasteiger partial charge in [0.25, 0.3) is 0 Å². The number of ether oxygens (including phenoxy) is 1. The van der Waals surface area contributed by atoms with E-state index in [1.165, 1.54) is 0 Å². The Morgan fingerprint density at radius 1 is 1.00 bits per heavy atom. The van der Waals surface area contributed by atoms with Crippen molar-refractivity contribution in [1.82, 2.24) is 19.4 Å². The zero-order valence-electron chi connectivity index (χ0n) is 15.6. The lowest BCUT2D eigenvalue weighted by Gasteiger charge is -2.18. The molecule has 5 heteroatoms. The lowest BCUT2D eigenvalue weighted by atomic mass is 10.2. The molecule has 0 aliphatic carbocycles. The second-order valence-corrected chi connectivity index (χ2v) is 6.45. The molecule has 2 aromatic carbocycles. The van der Waals surface area contributed by atoms with Gasteiger partial charge < -0.3 is 14.2 Å². The first-order valence-electron chi connectivity index (χ1n) is 9.20. The van der Waals surface area contributed by atoms with Gasteiger partial charge in [-0.15, -0.1) is 0 Å². The largest absolute Gasteiger partial charge is 0.497 e. The van der Waals surface area contributed by atoms with Gasteiger partial charge >= 0.3 is 0 Å². The highest BCUT2D eigenvalue weighted by Crippen LogP contribution is 2.31. The third kappa shape index (κ3) is 2.78. The highest BCUT2D eigenvalue weighted by atomic mass is 16.5. The molecule has 0 saturated carbocycles. The smallest absolute Gasteiger partial charge is 0.160 e.